The third kappa shape index (κ3) is 4.88. The summed E-state index contributed by atoms with van der Waals surface area (Å²) < 4.78 is 5.34. The lowest BCUT2D eigenvalue weighted by Gasteiger charge is -2.32. The first-order chi connectivity index (χ1) is 8.04. The van der Waals surface area contributed by atoms with E-state index in [4.69, 9.17) is 4.74 Å². The molecule has 1 heterocycles. The summed E-state index contributed by atoms with van der Waals surface area (Å²) in [6.45, 7) is 11.3. The SMILES string of the molecule is C=C(C)COCCNC(=O)C1(C)CCNCC1. The standard InChI is InChI=1S/C13H24N2O2/c1-11(2)10-17-9-8-15-12(16)13(3)4-6-14-7-5-13/h14H,1,4-10H2,2-3H3,(H,15,16). The second-order valence-corrected chi connectivity index (χ2v) is 5.08. The number of nitrogens with one attached hydrogen (secondary N) is 2. The zero-order valence-corrected chi connectivity index (χ0v) is 11.0. The van der Waals surface area contributed by atoms with Crippen LogP contribution >= 0.6 is 0 Å². The van der Waals surface area contributed by atoms with Crippen LogP contribution in [0.1, 0.15) is 26.7 Å². The lowest BCUT2D eigenvalue weighted by Crippen LogP contribution is -2.46. The van der Waals surface area contributed by atoms with Gasteiger partial charge in [0, 0.05) is 12.0 Å². The molecule has 2 N–H and O–H groups in total. The number of hydrogen-bond acceptors (Lipinski definition) is 3. The molecule has 0 aliphatic carbocycles. The van der Waals surface area contributed by atoms with Gasteiger partial charge in [-0.05, 0) is 32.9 Å². The summed E-state index contributed by atoms with van der Waals surface area (Å²) in [6.07, 6.45) is 1.82. The molecule has 0 bridgehead atoms. The molecule has 0 saturated carbocycles. The molecule has 0 unspecified atom stereocenters. The Morgan fingerprint density at radius 3 is 2.71 bits per heavy atom. The molecule has 0 atom stereocenters. The average Bonchev–Trinajstić information content (AvgIpc) is 2.29. The van der Waals surface area contributed by atoms with Crippen molar-refractivity contribution in [2.75, 3.05) is 32.8 Å². The van der Waals surface area contributed by atoms with Crippen LogP contribution in [0, 0.1) is 5.41 Å². The Hall–Kier alpha value is -0.870. The van der Waals surface area contributed by atoms with E-state index in [9.17, 15) is 4.79 Å². The zero-order valence-electron chi connectivity index (χ0n) is 11.0. The van der Waals surface area contributed by atoms with Crippen molar-refractivity contribution in [3.8, 4) is 0 Å². The summed E-state index contributed by atoms with van der Waals surface area (Å²) >= 11 is 0. The maximum absolute atomic E-state index is 12.0. The molecular weight excluding hydrogens is 216 g/mol. The lowest BCUT2D eigenvalue weighted by atomic mass is 9.80. The molecule has 1 aliphatic rings. The van der Waals surface area contributed by atoms with Crippen molar-refractivity contribution in [1.29, 1.82) is 0 Å². The highest BCUT2D eigenvalue weighted by molar-refractivity contribution is 5.82. The number of carbonyl (C=O) groups is 1. The van der Waals surface area contributed by atoms with Crippen LogP contribution in [-0.2, 0) is 9.53 Å². The maximum atomic E-state index is 12.0. The van der Waals surface area contributed by atoms with Crippen LogP contribution in [0.3, 0.4) is 0 Å². The van der Waals surface area contributed by atoms with Crippen LogP contribution < -0.4 is 10.6 Å². The lowest BCUT2D eigenvalue weighted by molar-refractivity contribution is -0.131. The highest BCUT2D eigenvalue weighted by Gasteiger charge is 2.33. The molecule has 98 valence electrons. The zero-order chi connectivity index (χ0) is 12.7. The van der Waals surface area contributed by atoms with Gasteiger partial charge in [0.15, 0.2) is 0 Å². The molecule has 1 rings (SSSR count). The Morgan fingerprint density at radius 2 is 2.12 bits per heavy atom. The first-order valence-electron chi connectivity index (χ1n) is 6.26. The molecule has 0 aromatic rings. The van der Waals surface area contributed by atoms with Crippen molar-refractivity contribution in [2.24, 2.45) is 5.41 Å². The maximum Gasteiger partial charge on any atom is 0.226 e. The van der Waals surface area contributed by atoms with E-state index in [1.165, 1.54) is 0 Å². The minimum Gasteiger partial charge on any atom is -0.375 e. The summed E-state index contributed by atoms with van der Waals surface area (Å²) in [5, 5.41) is 6.21. The van der Waals surface area contributed by atoms with Gasteiger partial charge >= 0.3 is 0 Å². The number of piperidine rings is 1. The fourth-order valence-electron chi connectivity index (χ4n) is 1.90. The van der Waals surface area contributed by atoms with Crippen molar-refractivity contribution < 1.29 is 9.53 Å². The van der Waals surface area contributed by atoms with E-state index in [1.807, 2.05) is 13.8 Å². The predicted octanol–water partition coefficient (Wildman–Crippen LogP) is 1.08. The van der Waals surface area contributed by atoms with Crippen molar-refractivity contribution in [2.45, 2.75) is 26.7 Å². The van der Waals surface area contributed by atoms with Crippen LogP contribution in [0.2, 0.25) is 0 Å². The fraction of sp³-hybridized carbons (Fsp3) is 0.769. The van der Waals surface area contributed by atoms with Crippen molar-refractivity contribution in [3.05, 3.63) is 12.2 Å². The monoisotopic (exact) mass is 240 g/mol. The number of rotatable bonds is 6. The van der Waals surface area contributed by atoms with Gasteiger partial charge in [-0.15, -0.1) is 0 Å². The number of amides is 1. The van der Waals surface area contributed by atoms with Crippen molar-refractivity contribution in [1.82, 2.24) is 10.6 Å². The van der Waals surface area contributed by atoms with Gasteiger partial charge in [0.25, 0.3) is 0 Å². The second-order valence-electron chi connectivity index (χ2n) is 5.08. The van der Waals surface area contributed by atoms with Gasteiger partial charge in [-0.3, -0.25) is 4.79 Å². The van der Waals surface area contributed by atoms with E-state index in [0.29, 0.717) is 19.8 Å². The molecular formula is C13H24N2O2. The van der Waals surface area contributed by atoms with Gasteiger partial charge in [-0.2, -0.15) is 0 Å². The van der Waals surface area contributed by atoms with Gasteiger partial charge in [0.2, 0.25) is 5.91 Å². The number of hydrogen-bond donors (Lipinski definition) is 2. The fourth-order valence-corrected chi connectivity index (χ4v) is 1.90. The first-order valence-corrected chi connectivity index (χ1v) is 6.26. The van der Waals surface area contributed by atoms with Gasteiger partial charge in [-0.25, -0.2) is 0 Å². The minimum absolute atomic E-state index is 0.151. The normalized spacial score (nSPS) is 18.7. The Labute approximate surface area is 104 Å². The highest BCUT2D eigenvalue weighted by Crippen LogP contribution is 2.27. The molecule has 1 saturated heterocycles. The molecule has 4 heteroatoms. The molecule has 1 amide bonds. The quantitative estimate of drug-likeness (QED) is 0.539. The van der Waals surface area contributed by atoms with E-state index in [0.717, 1.165) is 31.5 Å². The predicted molar refractivity (Wildman–Crippen MR) is 68.9 cm³/mol. The largest absolute Gasteiger partial charge is 0.375 e. The molecule has 1 fully saturated rings. The Bertz CT molecular complexity index is 271. The highest BCUT2D eigenvalue weighted by atomic mass is 16.5. The van der Waals surface area contributed by atoms with Gasteiger partial charge in [0.1, 0.15) is 0 Å². The molecule has 0 spiro atoms. The first kappa shape index (κ1) is 14.2. The second kappa shape index (κ2) is 6.77. The summed E-state index contributed by atoms with van der Waals surface area (Å²) in [6, 6.07) is 0. The van der Waals surface area contributed by atoms with E-state index < -0.39 is 0 Å². The molecule has 0 radical (unpaired) electrons. The van der Waals surface area contributed by atoms with E-state index in [-0.39, 0.29) is 11.3 Å². The number of ether oxygens (including phenoxy) is 1. The summed E-state index contributed by atoms with van der Waals surface area (Å²) in [4.78, 5) is 12.0. The van der Waals surface area contributed by atoms with Crippen LogP contribution in [0.25, 0.3) is 0 Å². The van der Waals surface area contributed by atoms with Crippen molar-refractivity contribution in [3.63, 3.8) is 0 Å². The van der Waals surface area contributed by atoms with Crippen LogP contribution in [-0.4, -0.2) is 38.8 Å². The molecule has 0 aromatic heterocycles. The van der Waals surface area contributed by atoms with Crippen LogP contribution in [0.5, 0.6) is 0 Å². The third-order valence-electron chi connectivity index (χ3n) is 3.14. The van der Waals surface area contributed by atoms with E-state index in [2.05, 4.69) is 17.2 Å². The van der Waals surface area contributed by atoms with Crippen LogP contribution in [0.4, 0.5) is 0 Å². The average molecular weight is 240 g/mol. The van der Waals surface area contributed by atoms with Gasteiger partial charge < -0.3 is 15.4 Å². The molecule has 17 heavy (non-hydrogen) atoms. The summed E-state index contributed by atoms with van der Waals surface area (Å²) in [5.41, 5.74) is 0.793. The van der Waals surface area contributed by atoms with Crippen molar-refractivity contribution >= 4 is 5.91 Å². The Kier molecular flexibility index (Phi) is 5.65. The Balaban J connectivity index is 2.17. The molecule has 1 aliphatic heterocycles. The summed E-state index contributed by atoms with van der Waals surface area (Å²) in [7, 11) is 0. The summed E-state index contributed by atoms with van der Waals surface area (Å²) in [5.74, 6) is 0.151. The smallest absolute Gasteiger partial charge is 0.226 e. The van der Waals surface area contributed by atoms with Gasteiger partial charge in [0.05, 0.1) is 13.2 Å². The van der Waals surface area contributed by atoms with E-state index >= 15 is 0 Å². The van der Waals surface area contributed by atoms with Gasteiger partial charge in [-0.1, -0.05) is 19.1 Å². The third-order valence-corrected chi connectivity index (χ3v) is 3.14. The minimum atomic E-state index is -0.209. The topological polar surface area (TPSA) is 50.4 Å². The number of carbonyl (C=O) groups excluding carboxylic acids is 1. The van der Waals surface area contributed by atoms with Crippen LogP contribution in [0.15, 0.2) is 12.2 Å². The molecule has 4 nitrogen and oxygen atoms in total. The molecule has 0 aromatic carbocycles. The Morgan fingerprint density at radius 1 is 1.47 bits per heavy atom. The van der Waals surface area contributed by atoms with E-state index in [1.54, 1.807) is 0 Å².